The van der Waals surface area contributed by atoms with E-state index in [4.69, 9.17) is 16.2 Å². The molecule has 0 heterocycles. The Bertz CT molecular complexity index is 616. The zero-order valence-corrected chi connectivity index (χ0v) is 12.5. The molecule has 0 aliphatic heterocycles. The molecule has 1 aromatic rings. The molecule has 4 N–H and O–H groups in total. The van der Waals surface area contributed by atoms with Crippen molar-refractivity contribution in [2.24, 2.45) is 11.5 Å². The van der Waals surface area contributed by atoms with Gasteiger partial charge in [-0.05, 0) is 49.6 Å². The smallest absolute Gasteiger partial charge is 0.339 e. The van der Waals surface area contributed by atoms with Gasteiger partial charge in [0.1, 0.15) is 0 Å². The van der Waals surface area contributed by atoms with E-state index in [1.807, 2.05) is 6.92 Å². The van der Waals surface area contributed by atoms with Gasteiger partial charge < -0.3 is 16.2 Å². The number of aryl methyl sites for hydroxylation is 1. The first-order valence-corrected chi connectivity index (χ1v) is 6.58. The van der Waals surface area contributed by atoms with E-state index in [9.17, 15) is 9.59 Å². The van der Waals surface area contributed by atoms with Crippen LogP contribution < -0.4 is 11.5 Å². The van der Waals surface area contributed by atoms with Crippen LogP contribution in [0.5, 0.6) is 0 Å². The van der Waals surface area contributed by atoms with Crippen LogP contribution in [-0.2, 0) is 9.53 Å². The molecule has 5 nitrogen and oxygen atoms in total. The summed E-state index contributed by atoms with van der Waals surface area (Å²) >= 11 is 0. The number of ether oxygens (including phenoxy) is 1. The van der Waals surface area contributed by atoms with Gasteiger partial charge in [-0.2, -0.15) is 0 Å². The van der Waals surface area contributed by atoms with Crippen LogP contribution in [0.4, 0.5) is 0 Å². The number of benzene rings is 1. The Morgan fingerprint density at radius 3 is 2.52 bits per heavy atom. The SMILES string of the molecule is CCOC(=O)C(=C/N)/C(C)=C/c1cc(C(N)=O)ccc1C. The van der Waals surface area contributed by atoms with Crippen LogP contribution in [0.1, 0.15) is 35.3 Å². The van der Waals surface area contributed by atoms with Crippen LogP contribution in [-0.4, -0.2) is 18.5 Å². The average Bonchev–Trinajstić information content (AvgIpc) is 2.42. The summed E-state index contributed by atoms with van der Waals surface area (Å²) in [6, 6.07) is 5.14. The fraction of sp³-hybridized carbons (Fsp3) is 0.250. The standard InChI is InChI=1S/C16H20N2O3/c1-4-21-16(20)14(9-17)11(3)7-13-8-12(15(18)19)6-5-10(13)2/h5-9H,4,17H2,1-3H3,(H2,18,19)/b11-7+,14-9+. The molecule has 1 aromatic carbocycles. The fourth-order valence-electron chi connectivity index (χ4n) is 1.83. The Labute approximate surface area is 124 Å². The summed E-state index contributed by atoms with van der Waals surface area (Å²) in [6.45, 7) is 5.66. The maximum Gasteiger partial charge on any atom is 0.339 e. The third kappa shape index (κ3) is 4.21. The van der Waals surface area contributed by atoms with E-state index in [1.54, 1.807) is 38.1 Å². The molecule has 0 aliphatic rings. The lowest BCUT2D eigenvalue weighted by atomic mass is 10.00. The number of nitrogens with two attached hydrogens (primary N) is 2. The number of hydrogen-bond acceptors (Lipinski definition) is 4. The number of carbonyl (C=O) groups is 2. The van der Waals surface area contributed by atoms with Crippen molar-refractivity contribution in [1.82, 2.24) is 0 Å². The molecule has 0 saturated heterocycles. The molecule has 1 rings (SSSR count). The molecular weight excluding hydrogens is 268 g/mol. The lowest BCUT2D eigenvalue weighted by Gasteiger charge is -2.08. The van der Waals surface area contributed by atoms with E-state index in [0.717, 1.165) is 11.1 Å². The predicted octanol–water partition coefficient (Wildman–Crippen LogP) is 1.90. The fourth-order valence-corrected chi connectivity index (χ4v) is 1.83. The van der Waals surface area contributed by atoms with Gasteiger partial charge in [0.05, 0.1) is 12.2 Å². The summed E-state index contributed by atoms with van der Waals surface area (Å²) in [4.78, 5) is 23.0. The Hall–Kier alpha value is -2.56. The van der Waals surface area contributed by atoms with Crippen molar-refractivity contribution in [2.45, 2.75) is 20.8 Å². The van der Waals surface area contributed by atoms with E-state index in [-0.39, 0.29) is 6.61 Å². The molecule has 0 bridgehead atoms. The molecule has 0 aromatic heterocycles. The van der Waals surface area contributed by atoms with Crippen LogP contribution in [0.3, 0.4) is 0 Å². The highest BCUT2D eigenvalue weighted by Crippen LogP contribution is 2.19. The van der Waals surface area contributed by atoms with Crippen LogP contribution in [0, 0.1) is 6.92 Å². The minimum Gasteiger partial charge on any atom is -0.462 e. The first kappa shape index (κ1) is 16.5. The van der Waals surface area contributed by atoms with Crippen molar-refractivity contribution < 1.29 is 14.3 Å². The zero-order chi connectivity index (χ0) is 16.0. The van der Waals surface area contributed by atoms with Crippen LogP contribution in [0.25, 0.3) is 6.08 Å². The highest BCUT2D eigenvalue weighted by molar-refractivity contribution is 5.96. The van der Waals surface area contributed by atoms with E-state index in [0.29, 0.717) is 16.7 Å². The minimum atomic E-state index is -0.498. The molecule has 0 saturated carbocycles. The van der Waals surface area contributed by atoms with E-state index in [1.165, 1.54) is 6.20 Å². The number of amides is 1. The summed E-state index contributed by atoms with van der Waals surface area (Å²) in [6.07, 6.45) is 2.99. The molecule has 112 valence electrons. The highest BCUT2D eigenvalue weighted by Gasteiger charge is 2.12. The van der Waals surface area contributed by atoms with Gasteiger partial charge in [0.2, 0.25) is 5.91 Å². The lowest BCUT2D eigenvalue weighted by molar-refractivity contribution is -0.138. The largest absolute Gasteiger partial charge is 0.462 e. The van der Waals surface area contributed by atoms with Gasteiger partial charge in [-0.3, -0.25) is 4.79 Å². The van der Waals surface area contributed by atoms with Crippen LogP contribution in [0.2, 0.25) is 0 Å². The van der Waals surface area contributed by atoms with Gasteiger partial charge >= 0.3 is 5.97 Å². The molecule has 0 radical (unpaired) electrons. The summed E-state index contributed by atoms with van der Waals surface area (Å²) in [5.74, 6) is -0.972. The summed E-state index contributed by atoms with van der Waals surface area (Å²) in [7, 11) is 0. The van der Waals surface area contributed by atoms with Gasteiger partial charge in [-0.25, -0.2) is 4.79 Å². The molecule has 21 heavy (non-hydrogen) atoms. The summed E-state index contributed by atoms with van der Waals surface area (Å²) < 4.78 is 4.94. The van der Waals surface area contributed by atoms with Crippen molar-refractivity contribution in [3.05, 3.63) is 52.2 Å². The van der Waals surface area contributed by atoms with E-state index in [2.05, 4.69) is 0 Å². The molecule has 0 spiro atoms. The third-order valence-corrected chi connectivity index (χ3v) is 3.02. The van der Waals surface area contributed by atoms with Gasteiger partial charge in [0.25, 0.3) is 0 Å². The lowest BCUT2D eigenvalue weighted by Crippen LogP contribution is -2.11. The average molecular weight is 288 g/mol. The second kappa shape index (κ2) is 7.28. The van der Waals surface area contributed by atoms with Crippen molar-refractivity contribution in [1.29, 1.82) is 0 Å². The van der Waals surface area contributed by atoms with Gasteiger partial charge in [0, 0.05) is 11.8 Å². The monoisotopic (exact) mass is 288 g/mol. The Balaban J connectivity index is 3.19. The number of esters is 1. The van der Waals surface area contributed by atoms with Crippen LogP contribution in [0.15, 0.2) is 35.5 Å². The number of hydrogen-bond donors (Lipinski definition) is 2. The molecule has 0 fully saturated rings. The summed E-state index contributed by atoms with van der Waals surface area (Å²) in [5, 5.41) is 0. The Morgan fingerprint density at radius 1 is 1.33 bits per heavy atom. The van der Waals surface area contributed by atoms with Gasteiger partial charge in [0.15, 0.2) is 0 Å². The number of rotatable bonds is 5. The van der Waals surface area contributed by atoms with Crippen molar-refractivity contribution in [3.8, 4) is 0 Å². The van der Waals surface area contributed by atoms with Gasteiger partial charge in [-0.1, -0.05) is 12.1 Å². The second-order valence-corrected chi connectivity index (χ2v) is 4.56. The van der Waals surface area contributed by atoms with Gasteiger partial charge in [-0.15, -0.1) is 0 Å². The second-order valence-electron chi connectivity index (χ2n) is 4.56. The quantitative estimate of drug-likeness (QED) is 0.491. The highest BCUT2D eigenvalue weighted by atomic mass is 16.5. The maximum atomic E-state index is 11.8. The summed E-state index contributed by atoms with van der Waals surface area (Å²) in [5.41, 5.74) is 13.9. The van der Waals surface area contributed by atoms with E-state index >= 15 is 0 Å². The first-order chi connectivity index (χ1) is 9.90. The molecule has 0 atom stereocenters. The topological polar surface area (TPSA) is 95.4 Å². The molecule has 0 aliphatic carbocycles. The van der Waals surface area contributed by atoms with Crippen molar-refractivity contribution in [2.75, 3.05) is 6.61 Å². The Kier molecular flexibility index (Phi) is 5.72. The van der Waals surface area contributed by atoms with Crippen molar-refractivity contribution in [3.63, 3.8) is 0 Å². The minimum absolute atomic E-state index is 0.277. The van der Waals surface area contributed by atoms with E-state index < -0.39 is 11.9 Å². The molecule has 0 unspecified atom stereocenters. The maximum absolute atomic E-state index is 11.8. The van der Waals surface area contributed by atoms with Crippen molar-refractivity contribution >= 4 is 18.0 Å². The zero-order valence-electron chi connectivity index (χ0n) is 12.5. The third-order valence-electron chi connectivity index (χ3n) is 3.02. The number of carbonyl (C=O) groups excluding carboxylic acids is 2. The van der Waals surface area contributed by atoms with Crippen LogP contribution >= 0.6 is 0 Å². The predicted molar refractivity (Wildman–Crippen MR) is 82.3 cm³/mol. The normalized spacial score (nSPS) is 12.1. The molecular formula is C16H20N2O3. The number of primary amides is 1. The molecule has 5 heteroatoms. The Morgan fingerprint density at radius 2 is 2.00 bits per heavy atom. The first-order valence-electron chi connectivity index (χ1n) is 6.58. The molecule has 1 amide bonds.